The van der Waals surface area contributed by atoms with Crippen LogP contribution in [0.3, 0.4) is 0 Å². The molecule has 1 aromatic rings. The maximum atomic E-state index is 10.5. The molecule has 0 aromatic heterocycles. The summed E-state index contributed by atoms with van der Waals surface area (Å²) < 4.78 is 5.39. The topological polar surface area (TPSA) is 44.7 Å². The van der Waals surface area contributed by atoms with Gasteiger partial charge in [-0.25, -0.2) is 0 Å². The first-order valence-electron chi connectivity index (χ1n) is 8.61. The van der Waals surface area contributed by atoms with E-state index in [4.69, 9.17) is 4.74 Å². The molecule has 2 aliphatic rings. The first kappa shape index (κ1) is 15.6. The number of hydrogen-bond acceptors (Lipinski definition) is 4. The van der Waals surface area contributed by atoms with Gasteiger partial charge < -0.3 is 15.2 Å². The molecule has 1 aromatic carbocycles. The van der Waals surface area contributed by atoms with Crippen molar-refractivity contribution in [3.8, 4) is 11.5 Å². The molecule has 0 amide bonds. The second-order valence-corrected chi connectivity index (χ2v) is 6.55. The highest BCUT2D eigenvalue weighted by molar-refractivity contribution is 5.41. The minimum atomic E-state index is 0.317. The van der Waals surface area contributed by atoms with Crippen LogP contribution in [-0.4, -0.2) is 43.3 Å². The highest BCUT2D eigenvalue weighted by Crippen LogP contribution is 2.42. The number of benzene rings is 1. The van der Waals surface area contributed by atoms with Gasteiger partial charge in [-0.1, -0.05) is 19.3 Å². The molecule has 1 saturated carbocycles. The summed E-state index contributed by atoms with van der Waals surface area (Å²) in [6.07, 6.45) is 6.53. The number of phenols is 1. The lowest BCUT2D eigenvalue weighted by Gasteiger charge is -2.41. The second kappa shape index (κ2) is 7.34. The molecule has 122 valence electrons. The fourth-order valence-corrected chi connectivity index (χ4v) is 4.06. The van der Waals surface area contributed by atoms with Crippen molar-refractivity contribution in [3.05, 3.63) is 23.8 Å². The van der Waals surface area contributed by atoms with Crippen molar-refractivity contribution in [1.82, 2.24) is 10.2 Å². The van der Waals surface area contributed by atoms with Gasteiger partial charge >= 0.3 is 0 Å². The van der Waals surface area contributed by atoms with Gasteiger partial charge in [0.25, 0.3) is 0 Å². The van der Waals surface area contributed by atoms with E-state index in [2.05, 4.69) is 10.2 Å². The third-order valence-electron chi connectivity index (χ3n) is 5.19. The van der Waals surface area contributed by atoms with Crippen LogP contribution < -0.4 is 10.1 Å². The Hall–Kier alpha value is -1.26. The Morgan fingerprint density at radius 3 is 2.59 bits per heavy atom. The number of rotatable bonds is 4. The first-order valence-corrected chi connectivity index (χ1v) is 8.61. The molecule has 4 heteroatoms. The zero-order valence-electron chi connectivity index (χ0n) is 13.6. The highest BCUT2D eigenvalue weighted by Gasteiger charge is 2.32. The number of piperazine rings is 1. The van der Waals surface area contributed by atoms with E-state index in [9.17, 15) is 5.11 Å². The Balaban J connectivity index is 1.92. The van der Waals surface area contributed by atoms with Gasteiger partial charge in [0, 0.05) is 37.8 Å². The van der Waals surface area contributed by atoms with E-state index in [-0.39, 0.29) is 0 Å². The predicted molar refractivity (Wildman–Crippen MR) is 88.4 cm³/mol. The van der Waals surface area contributed by atoms with Gasteiger partial charge in [-0.15, -0.1) is 0 Å². The van der Waals surface area contributed by atoms with Gasteiger partial charge in [0.05, 0.1) is 7.11 Å². The number of aromatic hydroxyl groups is 1. The van der Waals surface area contributed by atoms with Crippen LogP contribution in [0.5, 0.6) is 11.5 Å². The molecular formula is C18H28N2O2. The molecule has 1 aliphatic heterocycles. The van der Waals surface area contributed by atoms with E-state index >= 15 is 0 Å². The van der Waals surface area contributed by atoms with Gasteiger partial charge in [-0.05, 0) is 37.0 Å². The van der Waals surface area contributed by atoms with Crippen LogP contribution in [0.15, 0.2) is 18.2 Å². The molecule has 1 saturated heterocycles. The van der Waals surface area contributed by atoms with Crippen molar-refractivity contribution in [2.75, 3.05) is 33.3 Å². The van der Waals surface area contributed by atoms with E-state index in [1.54, 1.807) is 13.2 Å². The molecule has 0 radical (unpaired) electrons. The quantitative estimate of drug-likeness (QED) is 0.898. The van der Waals surface area contributed by atoms with Crippen LogP contribution in [-0.2, 0) is 0 Å². The van der Waals surface area contributed by atoms with Gasteiger partial charge in [0.1, 0.15) is 11.5 Å². The number of phenolic OH excluding ortho intramolecular Hbond substituents is 1. The number of nitrogens with one attached hydrogen (secondary N) is 1. The van der Waals surface area contributed by atoms with Crippen LogP contribution in [0.4, 0.5) is 0 Å². The van der Waals surface area contributed by atoms with E-state index in [1.807, 2.05) is 12.1 Å². The zero-order chi connectivity index (χ0) is 15.4. The summed E-state index contributed by atoms with van der Waals surface area (Å²) in [6, 6.07) is 5.98. The van der Waals surface area contributed by atoms with Gasteiger partial charge in [-0.2, -0.15) is 0 Å². The van der Waals surface area contributed by atoms with E-state index in [1.165, 1.54) is 32.1 Å². The molecule has 0 unspecified atom stereocenters. The fraction of sp³-hybridized carbons (Fsp3) is 0.667. The number of methoxy groups -OCH3 is 1. The lowest BCUT2D eigenvalue weighted by molar-refractivity contribution is 0.101. The first-order chi connectivity index (χ1) is 10.8. The minimum absolute atomic E-state index is 0.317. The Morgan fingerprint density at radius 2 is 1.91 bits per heavy atom. The largest absolute Gasteiger partial charge is 0.508 e. The number of ether oxygens (including phenoxy) is 1. The Kier molecular flexibility index (Phi) is 5.21. The minimum Gasteiger partial charge on any atom is -0.508 e. The van der Waals surface area contributed by atoms with Crippen molar-refractivity contribution >= 4 is 0 Å². The molecule has 22 heavy (non-hydrogen) atoms. The maximum Gasteiger partial charge on any atom is 0.120 e. The zero-order valence-corrected chi connectivity index (χ0v) is 13.6. The molecule has 1 heterocycles. The summed E-state index contributed by atoms with van der Waals surface area (Å²) in [5, 5.41) is 13.9. The van der Waals surface area contributed by atoms with Crippen LogP contribution >= 0.6 is 0 Å². The summed E-state index contributed by atoms with van der Waals surface area (Å²) in [7, 11) is 1.69. The third-order valence-corrected chi connectivity index (χ3v) is 5.19. The smallest absolute Gasteiger partial charge is 0.120 e. The van der Waals surface area contributed by atoms with Crippen molar-refractivity contribution in [2.45, 2.75) is 38.1 Å². The molecule has 1 atom stereocenters. The molecule has 2 N–H and O–H groups in total. The lowest BCUT2D eigenvalue weighted by Crippen LogP contribution is -2.47. The van der Waals surface area contributed by atoms with E-state index in [0.29, 0.717) is 17.7 Å². The third kappa shape index (κ3) is 3.39. The molecule has 3 rings (SSSR count). The van der Waals surface area contributed by atoms with Crippen molar-refractivity contribution in [3.63, 3.8) is 0 Å². The van der Waals surface area contributed by atoms with Crippen LogP contribution in [0.25, 0.3) is 0 Å². The lowest BCUT2D eigenvalue weighted by atomic mass is 9.80. The van der Waals surface area contributed by atoms with E-state index in [0.717, 1.165) is 37.5 Å². The average molecular weight is 304 g/mol. The van der Waals surface area contributed by atoms with Gasteiger partial charge in [-0.3, -0.25) is 4.90 Å². The fourth-order valence-electron chi connectivity index (χ4n) is 4.06. The van der Waals surface area contributed by atoms with Crippen LogP contribution in [0.2, 0.25) is 0 Å². The van der Waals surface area contributed by atoms with E-state index < -0.39 is 0 Å². The highest BCUT2D eigenvalue weighted by atomic mass is 16.5. The average Bonchev–Trinajstić information content (AvgIpc) is 2.59. The predicted octanol–water partition coefficient (Wildman–Crippen LogP) is 2.93. The Bertz CT molecular complexity index is 462. The van der Waals surface area contributed by atoms with Crippen molar-refractivity contribution in [2.24, 2.45) is 5.92 Å². The van der Waals surface area contributed by atoms with Crippen LogP contribution in [0.1, 0.15) is 43.7 Å². The molecule has 0 bridgehead atoms. The molecular weight excluding hydrogens is 276 g/mol. The summed E-state index contributed by atoms with van der Waals surface area (Å²) in [5.74, 6) is 1.89. The maximum absolute atomic E-state index is 10.5. The monoisotopic (exact) mass is 304 g/mol. The number of hydrogen-bond donors (Lipinski definition) is 2. The van der Waals surface area contributed by atoms with Gasteiger partial charge in [0.2, 0.25) is 0 Å². The van der Waals surface area contributed by atoms with Crippen molar-refractivity contribution < 1.29 is 9.84 Å². The second-order valence-electron chi connectivity index (χ2n) is 6.55. The normalized spacial score (nSPS) is 22.4. The summed E-state index contributed by atoms with van der Waals surface area (Å²) in [4.78, 5) is 2.56. The van der Waals surface area contributed by atoms with Gasteiger partial charge in [0.15, 0.2) is 0 Å². The Morgan fingerprint density at radius 1 is 1.18 bits per heavy atom. The van der Waals surface area contributed by atoms with Crippen molar-refractivity contribution in [1.29, 1.82) is 0 Å². The SMILES string of the molecule is COc1ccc(O)c([C@H](C2CCCCC2)N2CCNCC2)c1. The standard InChI is InChI=1S/C18H28N2O2/c1-22-15-7-8-17(21)16(13-15)18(14-5-3-2-4-6-14)20-11-9-19-10-12-20/h7-8,13-14,18-19,21H,2-6,9-12H2,1H3/t18-/m0/s1. The molecule has 0 spiro atoms. The Labute approximate surface area is 133 Å². The molecule has 1 aliphatic carbocycles. The summed E-state index contributed by atoms with van der Waals surface area (Å²) in [5.41, 5.74) is 1.05. The number of nitrogens with zero attached hydrogens (tertiary/aromatic N) is 1. The molecule has 4 nitrogen and oxygen atoms in total. The summed E-state index contributed by atoms with van der Waals surface area (Å²) in [6.45, 7) is 4.18. The summed E-state index contributed by atoms with van der Waals surface area (Å²) >= 11 is 0. The van der Waals surface area contributed by atoms with Crippen LogP contribution in [0, 0.1) is 5.92 Å². The molecule has 2 fully saturated rings.